The Morgan fingerprint density at radius 3 is 1.90 bits per heavy atom. The zero-order chi connectivity index (χ0) is 14.2. The number of benzene rings is 1. The largest absolute Gasteiger partial charge is 0.478 e. The summed E-state index contributed by atoms with van der Waals surface area (Å²) in [5.41, 5.74) is 1.82. The Kier molecular flexibility index (Phi) is 4.68. The first-order valence-corrected chi connectivity index (χ1v) is 5.77. The third-order valence-electron chi connectivity index (χ3n) is 3.24. The average molecular weight is 296 g/mol. The van der Waals surface area contributed by atoms with Crippen molar-refractivity contribution in [2.45, 2.75) is 20.4 Å². The minimum atomic E-state index is -1.01. The van der Waals surface area contributed by atoms with Gasteiger partial charge in [-0.15, -0.1) is 12.4 Å². The Morgan fingerprint density at radius 2 is 1.50 bits per heavy atom. The number of nitrogens with zero attached hydrogens (tertiary/aromatic N) is 1. The molecule has 0 fully saturated rings. The highest BCUT2D eigenvalue weighted by Gasteiger charge is 2.33. The molecule has 0 saturated heterocycles. The van der Waals surface area contributed by atoms with Crippen LogP contribution in [0.3, 0.4) is 0 Å². The van der Waals surface area contributed by atoms with Crippen molar-refractivity contribution < 1.29 is 19.5 Å². The lowest BCUT2D eigenvalue weighted by Gasteiger charge is -2.14. The Bertz CT molecular complexity index is 580. The molecule has 0 bridgehead atoms. The summed E-state index contributed by atoms with van der Waals surface area (Å²) in [6, 6.07) is 6.12. The maximum Gasteiger partial charge on any atom is 0.335 e. The van der Waals surface area contributed by atoms with Gasteiger partial charge in [0.05, 0.1) is 12.1 Å². The van der Waals surface area contributed by atoms with Crippen molar-refractivity contribution in [3.05, 3.63) is 46.5 Å². The van der Waals surface area contributed by atoms with Gasteiger partial charge in [0.1, 0.15) is 0 Å². The third-order valence-corrected chi connectivity index (χ3v) is 3.24. The lowest BCUT2D eigenvalue weighted by molar-refractivity contribution is -0.138. The highest BCUT2D eigenvalue weighted by atomic mass is 35.5. The number of hydrogen-bond donors (Lipinski definition) is 1. The highest BCUT2D eigenvalue weighted by Crippen LogP contribution is 2.21. The Hall–Kier alpha value is -2.14. The van der Waals surface area contributed by atoms with E-state index in [0.29, 0.717) is 16.7 Å². The van der Waals surface area contributed by atoms with Gasteiger partial charge >= 0.3 is 5.97 Å². The minimum absolute atomic E-state index is 0. The summed E-state index contributed by atoms with van der Waals surface area (Å²) in [5.74, 6) is -1.58. The van der Waals surface area contributed by atoms with Crippen molar-refractivity contribution in [1.82, 2.24) is 4.90 Å². The van der Waals surface area contributed by atoms with E-state index in [2.05, 4.69) is 0 Å². The van der Waals surface area contributed by atoms with Crippen LogP contribution >= 0.6 is 12.4 Å². The summed E-state index contributed by atoms with van der Waals surface area (Å²) in [4.78, 5) is 35.6. The van der Waals surface area contributed by atoms with Crippen molar-refractivity contribution in [3.8, 4) is 0 Å². The summed E-state index contributed by atoms with van der Waals surface area (Å²) in [5, 5.41) is 8.79. The van der Waals surface area contributed by atoms with Crippen molar-refractivity contribution in [2.24, 2.45) is 0 Å². The monoisotopic (exact) mass is 295 g/mol. The molecule has 2 amide bonds. The molecule has 1 N–H and O–H groups in total. The van der Waals surface area contributed by atoms with E-state index in [1.807, 2.05) is 0 Å². The molecule has 0 aliphatic carbocycles. The van der Waals surface area contributed by atoms with Crippen LogP contribution in [0, 0.1) is 0 Å². The van der Waals surface area contributed by atoms with Gasteiger partial charge in [-0.1, -0.05) is 12.1 Å². The van der Waals surface area contributed by atoms with Gasteiger partial charge in [-0.3, -0.25) is 14.5 Å². The van der Waals surface area contributed by atoms with Gasteiger partial charge in [0, 0.05) is 11.1 Å². The van der Waals surface area contributed by atoms with Gasteiger partial charge in [-0.2, -0.15) is 0 Å². The third kappa shape index (κ3) is 2.72. The van der Waals surface area contributed by atoms with E-state index in [1.54, 1.807) is 26.0 Å². The van der Waals surface area contributed by atoms with Crippen LogP contribution in [0.4, 0.5) is 0 Å². The fourth-order valence-electron chi connectivity index (χ4n) is 1.90. The highest BCUT2D eigenvalue weighted by molar-refractivity contribution is 6.18. The van der Waals surface area contributed by atoms with Crippen molar-refractivity contribution in [2.75, 3.05) is 0 Å². The molecule has 20 heavy (non-hydrogen) atoms. The van der Waals surface area contributed by atoms with E-state index in [9.17, 15) is 14.4 Å². The van der Waals surface area contributed by atoms with Crippen LogP contribution < -0.4 is 0 Å². The van der Waals surface area contributed by atoms with Gasteiger partial charge in [0.25, 0.3) is 11.8 Å². The molecule has 0 atom stereocenters. The molecule has 6 heteroatoms. The Balaban J connectivity index is 0.00000200. The molecular formula is C14H14ClNO4. The number of carboxylic acid groups (broad SMARTS) is 1. The molecule has 1 aliphatic heterocycles. The van der Waals surface area contributed by atoms with E-state index in [1.165, 1.54) is 17.0 Å². The van der Waals surface area contributed by atoms with Crippen LogP contribution in [-0.4, -0.2) is 27.8 Å². The summed E-state index contributed by atoms with van der Waals surface area (Å²) in [6.45, 7) is 3.42. The van der Waals surface area contributed by atoms with Crippen LogP contribution in [0.2, 0.25) is 0 Å². The Labute approximate surface area is 122 Å². The predicted molar refractivity (Wildman–Crippen MR) is 74.6 cm³/mol. The number of amides is 2. The second-order valence-corrected chi connectivity index (χ2v) is 4.45. The minimum Gasteiger partial charge on any atom is -0.478 e. The quantitative estimate of drug-likeness (QED) is 0.866. The average Bonchev–Trinajstić information content (AvgIpc) is 2.57. The SMILES string of the molecule is CC1=C(C)C(=O)N(Cc2ccc(C(=O)O)cc2)C1=O.Cl. The van der Waals surface area contributed by atoms with E-state index in [-0.39, 0.29) is 36.3 Å². The summed E-state index contributed by atoms with van der Waals surface area (Å²) in [7, 11) is 0. The molecule has 0 saturated carbocycles. The molecule has 1 aromatic carbocycles. The molecule has 1 heterocycles. The van der Waals surface area contributed by atoms with Gasteiger partial charge < -0.3 is 5.11 Å². The number of rotatable bonds is 3. The predicted octanol–water partition coefficient (Wildman–Crippen LogP) is 2.01. The van der Waals surface area contributed by atoms with Crippen LogP contribution in [0.1, 0.15) is 29.8 Å². The number of aromatic carboxylic acids is 1. The first kappa shape index (κ1) is 15.9. The Morgan fingerprint density at radius 1 is 1.05 bits per heavy atom. The summed E-state index contributed by atoms with van der Waals surface area (Å²) >= 11 is 0. The molecule has 0 unspecified atom stereocenters. The van der Waals surface area contributed by atoms with Crippen molar-refractivity contribution >= 4 is 30.2 Å². The molecule has 2 rings (SSSR count). The number of imide groups is 1. The number of carbonyl (C=O) groups is 3. The summed E-state index contributed by atoms with van der Waals surface area (Å²) in [6.07, 6.45) is 0. The normalized spacial score (nSPS) is 14.6. The molecule has 106 valence electrons. The van der Waals surface area contributed by atoms with Crippen LogP contribution in [0.15, 0.2) is 35.4 Å². The maximum atomic E-state index is 11.9. The van der Waals surface area contributed by atoms with Gasteiger partial charge in [-0.05, 0) is 31.5 Å². The number of halogens is 1. The standard InChI is InChI=1S/C14H13NO4.ClH/c1-8-9(2)13(17)15(12(8)16)7-10-3-5-11(6-4-10)14(18)19;/h3-6H,7H2,1-2H3,(H,18,19);1H. The number of hydrogen-bond acceptors (Lipinski definition) is 3. The van der Waals surface area contributed by atoms with E-state index in [4.69, 9.17) is 5.11 Å². The van der Waals surface area contributed by atoms with Crippen LogP contribution in [0.25, 0.3) is 0 Å². The van der Waals surface area contributed by atoms with Crippen molar-refractivity contribution in [1.29, 1.82) is 0 Å². The van der Waals surface area contributed by atoms with Gasteiger partial charge in [0.15, 0.2) is 0 Å². The number of carbonyl (C=O) groups excluding carboxylic acids is 2. The zero-order valence-corrected chi connectivity index (χ0v) is 11.9. The second kappa shape index (κ2) is 5.88. The smallest absolute Gasteiger partial charge is 0.335 e. The van der Waals surface area contributed by atoms with E-state index < -0.39 is 5.97 Å². The van der Waals surface area contributed by atoms with E-state index >= 15 is 0 Å². The molecule has 0 aromatic heterocycles. The molecule has 0 radical (unpaired) electrons. The first-order valence-electron chi connectivity index (χ1n) is 5.77. The molecular weight excluding hydrogens is 282 g/mol. The zero-order valence-electron chi connectivity index (χ0n) is 11.0. The van der Waals surface area contributed by atoms with E-state index in [0.717, 1.165) is 0 Å². The molecule has 5 nitrogen and oxygen atoms in total. The topological polar surface area (TPSA) is 74.7 Å². The molecule has 1 aliphatic rings. The maximum absolute atomic E-state index is 11.9. The summed E-state index contributed by atoms with van der Waals surface area (Å²) < 4.78 is 0. The lowest BCUT2D eigenvalue weighted by atomic mass is 10.1. The first-order chi connectivity index (χ1) is 8.91. The lowest BCUT2D eigenvalue weighted by Crippen LogP contribution is -2.30. The fraction of sp³-hybridized carbons (Fsp3) is 0.214. The van der Waals surface area contributed by atoms with Crippen molar-refractivity contribution in [3.63, 3.8) is 0 Å². The number of carboxylic acids is 1. The molecule has 0 spiro atoms. The van der Waals surface area contributed by atoms with Gasteiger partial charge in [0.2, 0.25) is 0 Å². The second-order valence-electron chi connectivity index (χ2n) is 4.45. The fourth-order valence-corrected chi connectivity index (χ4v) is 1.90. The van der Waals surface area contributed by atoms with Gasteiger partial charge in [-0.25, -0.2) is 4.79 Å². The van der Waals surface area contributed by atoms with Crippen LogP contribution in [-0.2, 0) is 16.1 Å². The molecule has 1 aromatic rings. The van der Waals surface area contributed by atoms with Crippen LogP contribution in [0.5, 0.6) is 0 Å².